The molecular weight excluding hydrogens is 326 g/mol. The first-order valence-corrected chi connectivity index (χ1v) is 8.15. The van der Waals surface area contributed by atoms with E-state index < -0.39 is 35.4 Å². The molecule has 7 nitrogen and oxygen atoms in total. The SMILES string of the molecule is CCOC(=O)c1cccc(N2C(=O)[C@@H]3[C@H]4C=C[C@@](CO)(O4)[C@H]3C2=O)c1. The van der Waals surface area contributed by atoms with Gasteiger partial charge in [0.2, 0.25) is 11.8 Å². The molecule has 2 bridgehead atoms. The number of aliphatic hydroxyl groups is 1. The van der Waals surface area contributed by atoms with Gasteiger partial charge in [-0.2, -0.15) is 0 Å². The van der Waals surface area contributed by atoms with Crippen LogP contribution in [0.15, 0.2) is 36.4 Å². The summed E-state index contributed by atoms with van der Waals surface area (Å²) in [7, 11) is 0. The van der Waals surface area contributed by atoms with Gasteiger partial charge in [0, 0.05) is 0 Å². The van der Waals surface area contributed by atoms with Crippen LogP contribution >= 0.6 is 0 Å². The Hall–Kier alpha value is -2.51. The topological polar surface area (TPSA) is 93.1 Å². The second-order valence-corrected chi connectivity index (χ2v) is 6.34. The lowest BCUT2D eigenvalue weighted by Crippen LogP contribution is -2.43. The minimum atomic E-state index is -1.13. The van der Waals surface area contributed by atoms with Gasteiger partial charge in [0.05, 0.1) is 42.4 Å². The molecule has 4 rings (SSSR count). The second kappa shape index (κ2) is 5.50. The fourth-order valence-corrected chi connectivity index (χ4v) is 3.92. The van der Waals surface area contributed by atoms with Crippen LogP contribution < -0.4 is 4.90 Å². The first kappa shape index (κ1) is 16.0. The number of anilines is 1. The average molecular weight is 343 g/mol. The van der Waals surface area contributed by atoms with Gasteiger partial charge in [-0.25, -0.2) is 9.69 Å². The Labute approximate surface area is 143 Å². The highest BCUT2D eigenvalue weighted by Crippen LogP contribution is 2.52. The summed E-state index contributed by atoms with van der Waals surface area (Å²) in [5.74, 6) is -2.69. The van der Waals surface area contributed by atoms with E-state index >= 15 is 0 Å². The molecule has 2 fully saturated rings. The maximum Gasteiger partial charge on any atom is 0.338 e. The number of ether oxygens (including phenoxy) is 2. The Morgan fingerprint density at radius 2 is 2.16 bits per heavy atom. The summed E-state index contributed by atoms with van der Waals surface area (Å²) in [5.41, 5.74) is -0.538. The highest BCUT2D eigenvalue weighted by Gasteiger charge is 2.67. The van der Waals surface area contributed by atoms with E-state index in [2.05, 4.69) is 0 Å². The fraction of sp³-hybridized carbons (Fsp3) is 0.389. The van der Waals surface area contributed by atoms with Crippen molar-refractivity contribution >= 4 is 23.5 Å². The van der Waals surface area contributed by atoms with Gasteiger partial charge >= 0.3 is 5.97 Å². The van der Waals surface area contributed by atoms with Gasteiger partial charge in [0.25, 0.3) is 0 Å². The predicted octanol–water partition coefficient (Wildman–Crippen LogP) is 0.669. The summed E-state index contributed by atoms with van der Waals surface area (Å²) < 4.78 is 10.7. The highest BCUT2D eigenvalue weighted by molar-refractivity contribution is 6.23. The summed E-state index contributed by atoms with van der Waals surface area (Å²) in [4.78, 5) is 38.8. The van der Waals surface area contributed by atoms with Crippen molar-refractivity contribution in [3.63, 3.8) is 0 Å². The van der Waals surface area contributed by atoms with Crippen LogP contribution in [0.25, 0.3) is 0 Å². The zero-order valence-corrected chi connectivity index (χ0v) is 13.5. The summed E-state index contributed by atoms with van der Waals surface area (Å²) >= 11 is 0. The third-order valence-corrected chi connectivity index (χ3v) is 5.02. The van der Waals surface area contributed by atoms with E-state index in [9.17, 15) is 19.5 Å². The number of fused-ring (bicyclic) bond motifs is 5. The van der Waals surface area contributed by atoms with Crippen LogP contribution in [-0.4, -0.2) is 47.8 Å². The maximum absolute atomic E-state index is 12.9. The molecule has 3 aliphatic heterocycles. The lowest BCUT2D eigenvalue weighted by molar-refractivity contribution is -0.128. The molecule has 1 aromatic rings. The minimum Gasteiger partial charge on any atom is -0.462 e. The van der Waals surface area contributed by atoms with E-state index in [1.165, 1.54) is 6.07 Å². The predicted molar refractivity (Wildman–Crippen MR) is 85.7 cm³/mol. The van der Waals surface area contributed by atoms with E-state index in [1.807, 2.05) is 0 Å². The monoisotopic (exact) mass is 343 g/mol. The lowest BCUT2D eigenvalue weighted by atomic mass is 9.77. The van der Waals surface area contributed by atoms with Gasteiger partial charge < -0.3 is 14.6 Å². The Bertz CT molecular complexity index is 803. The third kappa shape index (κ3) is 2.09. The van der Waals surface area contributed by atoms with Crippen molar-refractivity contribution < 1.29 is 29.0 Å². The van der Waals surface area contributed by atoms with E-state index in [4.69, 9.17) is 9.47 Å². The highest BCUT2D eigenvalue weighted by atomic mass is 16.5. The second-order valence-electron chi connectivity index (χ2n) is 6.34. The van der Waals surface area contributed by atoms with Gasteiger partial charge in [0.15, 0.2) is 0 Å². The summed E-state index contributed by atoms with van der Waals surface area (Å²) in [6.07, 6.45) is 2.88. The van der Waals surface area contributed by atoms with Crippen molar-refractivity contribution in [3.05, 3.63) is 42.0 Å². The zero-order valence-electron chi connectivity index (χ0n) is 13.5. The Balaban J connectivity index is 1.70. The summed E-state index contributed by atoms with van der Waals surface area (Å²) in [6, 6.07) is 6.23. The molecule has 0 aromatic heterocycles. The van der Waals surface area contributed by atoms with Crippen LogP contribution in [0.3, 0.4) is 0 Å². The van der Waals surface area contributed by atoms with Crippen molar-refractivity contribution in [1.29, 1.82) is 0 Å². The number of carbonyl (C=O) groups is 3. The number of amides is 2. The minimum absolute atomic E-state index is 0.235. The summed E-state index contributed by atoms with van der Waals surface area (Å²) in [6.45, 7) is 1.57. The van der Waals surface area contributed by atoms with E-state index in [1.54, 1.807) is 37.3 Å². The van der Waals surface area contributed by atoms with E-state index in [-0.39, 0.29) is 24.7 Å². The molecule has 3 aliphatic rings. The Kier molecular flexibility index (Phi) is 3.52. The van der Waals surface area contributed by atoms with Crippen LogP contribution in [-0.2, 0) is 19.1 Å². The van der Waals surface area contributed by atoms with E-state index in [0.717, 1.165) is 4.90 Å². The number of imide groups is 1. The first-order valence-electron chi connectivity index (χ1n) is 8.15. The van der Waals surface area contributed by atoms with Crippen LogP contribution in [0.1, 0.15) is 17.3 Å². The number of esters is 1. The normalized spacial score (nSPS) is 32.4. The molecule has 0 radical (unpaired) electrons. The van der Waals surface area contributed by atoms with Gasteiger partial charge in [-0.15, -0.1) is 0 Å². The van der Waals surface area contributed by atoms with Crippen molar-refractivity contribution in [3.8, 4) is 0 Å². The van der Waals surface area contributed by atoms with Gasteiger partial charge in [-0.1, -0.05) is 18.2 Å². The molecule has 3 heterocycles. The van der Waals surface area contributed by atoms with Crippen molar-refractivity contribution in [2.45, 2.75) is 18.6 Å². The van der Waals surface area contributed by atoms with Crippen molar-refractivity contribution in [2.24, 2.45) is 11.8 Å². The molecule has 0 unspecified atom stereocenters. The molecule has 7 heteroatoms. The number of rotatable bonds is 4. The van der Waals surface area contributed by atoms with Crippen molar-refractivity contribution in [2.75, 3.05) is 18.1 Å². The molecule has 0 saturated carbocycles. The third-order valence-electron chi connectivity index (χ3n) is 5.02. The number of carbonyl (C=O) groups excluding carboxylic acids is 3. The lowest BCUT2D eigenvalue weighted by Gasteiger charge is -2.26. The number of hydrogen-bond acceptors (Lipinski definition) is 6. The number of hydrogen-bond donors (Lipinski definition) is 1. The Morgan fingerprint density at radius 1 is 1.36 bits per heavy atom. The first-order chi connectivity index (χ1) is 12.0. The maximum atomic E-state index is 12.9. The molecule has 2 saturated heterocycles. The summed E-state index contributed by atoms with van der Waals surface area (Å²) in [5, 5.41) is 9.71. The molecule has 25 heavy (non-hydrogen) atoms. The van der Waals surface area contributed by atoms with Gasteiger partial charge in [-0.05, 0) is 25.1 Å². The van der Waals surface area contributed by atoms with E-state index in [0.29, 0.717) is 5.69 Å². The molecule has 1 aromatic carbocycles. The fourth-order valence-electron chi connectivity index (χ4n) is 3.92. The average Bonchev–Trinajstić information content (AvgIpc) is 3.26. The van der Waals surface area contributed by atoms with Crippen LogP contribution in [0.2, 0.25) is 0 Å². The van der Waals surface area contributed by atoms with Gasteiger partial charge in [0.1, 0.15) is 5.60 Å². The number of benzene rings is 1. The molecule has 1 N–H and O–H groups in total. The molecule has 130 valence electrons. The van der Waals surface area contributed by atoms with Crippen LogP contribution in [0.5, 0.6) is 0 Å². The molecule has 2 amide bonds. The standard InChI is InChI=1S/C18H17NO6/c1-2-24-17(23)10-4-3-5-11(8-10)19-15(21)13-12-6-7-18(9-20,25-12)14(13)16(19)22/h3-8,12-14,20H,2,9H2,1H3/t12-,13-,14-,18+/m1/s1. The zero-order chi connectivity index (χ0) is 17.8. The smallest absolute Gasteiger partial charge is 0.338 e. The molecule has 0 aliphatic carbocycles. The van der Waals surface area contributed by atoms with Crippen molar-refractivity contribution in [1.82, 2.24) is 0 Å². The quantitative estimate of drug-likeness (QED) is 0.491. The van der Waals surface area contributed by atoms with Gasteiger partial charge in [-0.3, -0.25) is 9.59 Å². The number of aliphatic hydroxyl groups excluding tert-OH is 1. The van der Waals surface area contributed by atoms with Crippen LogP contribution in [0, 0.1) is 11.8 Å². The molecule has 4 atom stereocenters. The Morgan fingerprint density at radius 3 is 2.88 bits per heavy atom. The number of nitrogens with zero attached hydrogens (tertiary/aromatic N) is 1. The van der Waals surface area contributed by atoms with Crippen LogP contribution in [0.4, 0.5) is 5.69 Å². The molecule has 0 spiro atoms. The largest absolute Gasteiger partial charge is 0.462 e. The molecular formula is C18H17NO6.